The maximum absolute atomic E-state index is 4.27. The molecule has 1 aliphatic rings. The van der Waals surface area contributed by atoms with Crippen LogP contribution in [0.2, 0.25) is 0 Å². The van der Waals surface area contributed by atoms with Gasteiger partial charge in [-0.1, -0.05) is 0 Å². The van der Waals surface area contributed by atoms with Gasteiger partial charge < -0.3 is 9.88 Å². The van der Waals surface area contributed by atoms with Gasteiger partial charge in [0.25, 0.3) is 0 Å². The first-order valence-corrected chi connectivity index (χ1v) is 5.99. The normalized spacial score (nSPS) is 20.2. The highest BCUT2D eigenvalue weighted by molar-refractivity contribution is 7.08. The number of aromatic nitrogens is 3. The quantitative estimate of drug-likeness (QED) is 0.795. The van der Waals surface area contributed by atoms with Crippen molar-refractivity contribution >= 4 is 11.3 Å². The molecule has 2 aromatic rings. The minimum absolute atomic E-state index is 0.304. The number of nitrogens with zero attached hydrogens (tertiary/aromatic N) is 3. The van der Waals surface area contributed by atoms with Crippen LogP contribution in [0.1, 0.15) is 18.8 Å². The smallest absolute Gasteiger partial charge is 0.164 e. The molecule has 0 saturated heterocycles. The van der Waals surface area contributed by atoms with Crippen molar-refractivity contribution < 1.29 is 0 Å². The Hall–Kier alpha value is -1.20. The van der Waals surface area contributed by atoms with E-state index in [2.05, 4.69) is 43.8 Å². The number of fused-ring (bicyclic) bond motifs is 1. The van der Waals surface area contributed by atoms with Gasteiger partial charge in [0.05, 0.1) is 6.04 Å². The topological polar surface area (TPSA) is 42.7 Å². The Bertz CT molecular complexity index is 460. The van der Waals surface area contributed by atoms with Crippen LogP contribution in [0.15, 0.2) is 16.8 Å². The predicted molar refractivity (Wildman–Crippen MR) is 59.8 cm³/mol. The standard InChI is InChI=1S/C10H12N4S/c1-7-9-12-13-10(8-2-5-15-6-8)14(9)4-3-11-7/h2,5-7,11H,3-4H2,1H3. The largest absolute Gasteiger partial charge is 0.308 e. The zero-order valence-corrected chi connectivity index (χ0v) is 9.29. The summed E-state index contributed by atoms with van der Waals surface area (Å²) in [5, 5.41) is 16.1. The molecule has 0 saturated carbocycles. The highest BCUT2D eigenvalue weighted by atomic mass is 32.1. The van der Waals surface area contributed by atoms with E-state index in [4.69, 9.17) is 0 Å². The minimum atomic E-state index is 0.304. The molecule has 3 rings (SSSR count). The predicted octanol–water partition coefficient (Wildman–Crippen LogP) is 1.67. The van der Waals surface area contributed by atoms with Gasteiger partial charge in [-0.05, 0) is 18.4 Å². The number of hydrogen-bond acceptors (Lipinski definition) is 4. The molecule has 78 valence electrons. The second-order valence-corrected chi connectivity index (χ2v) is 4.50. The maximum Gasteiger partial charge on any atom is 0.164 e. The van der Waals surface area contributed by atoms with E-state index in [9.17, 15) is 0 Å². The van der Waals surface area contributed by atoms with Crippen LogP contribution in [0.4, 0.5) is 0 Å². The molecule has 0 amide bonds. The molecule has 5 heteroatoms. The SMILES string of the molecule is CC1NCCn2c(-c3ccsc3)nnc21. The Labute approximate surface area is 92.0 Å². The van der Waals surface area contributed by atoms with Gasteiger partial charge in [-0.15, -0.1) is 10.2 Å². The Kier molecular flexibility index (Phi) is 2.07. The molecule has 0 fully saturated rings. The fraction of sp³-hybridized carbons (Fsp3) is 0.400. The molecule has 0 bridgehead atoms. The maximum atomic E-state index is 4.27. The van der Waals surface area contributed by atoms with Crippen LogP contribution in [-0.4, -0.2) is 21.3 Å². The highest BCUT2D eigenvalue weighted by Gasteiger charge is 2.21. The average Bonchev–Trinajstić information content (AvgIpc) is 2.85. The monoisotopic (exact) mass is 220 g/mol. The van der Waals surface area contributed by atoms with Crippen LogP contribution in [0.3, 0.4) is 0 Å². The van der Waals surface area contributed by atoms with Crippen molar-refractivity contribution in [2.24, 2.45) is 0 Å². The Balaban J connectivity index is 2.11. The Morgan fingerprint density at radius 2 is 2.47 bits per heavy atom. The first-order valence-electron chi connectivity index (χ1n) is 5.05. The van der Waals surface area contributed by atoms with Gasteiger partial charge in [-0.25, -0.2) is 0 Å². The molecular formula is C10H12N4S. The summed E-state index contributed by atoms with van der Waals surface area (Å²) < 4.78 is 2.21. The average molecular weight is 220 g/mol. The molecule has 3 heterocycles. The lowest BCUT2D eigenvalue weighted by atomic mass is 10.2. The summed E-state index contributed by atoms with van der Waals surface area (Å²) in [5.74, 6) is 2.04. The number of thiophene rings is 1. The molecule has 1 aliphatic heterocycles. The van der Waals surface area contributed by atoms with E-state index in [1.807, 2.05) is 0 Å². The van der Waals surface area contributed by atoms with Crippen LogP contribution in [-0.2, 0) is 6.54 Å². The second kappa shape index (κ2) is 3.43. The zero-order valence-electron chi connectivity index (χ0n) is 8.47. The van der Waals surface area contributed by atoms with Crippen molar-refractivity contribution in [3.8, 4) is 11.4 Å². The lowest BCUT2D eigenvalue weighted by Gasteiger charge is -2.21. The van der Waals surface area contributed by atoms with Gasteiger partial charge >= 0.3 is 0 Å². The molecule has 1 N–H and O–H groups in total. The van der Waals surface area contributed by atoms with Gasteiger partial charge in [0.2, 0.25) is 0 Å². The minimum Gasteiger partial charge on any atom is -0.308 e. The van der Waals surface area contributed by atoms with Crippen molar-refractivity contribution in [3.05, 3.63) is 22.7 Å². The molecular weight excluding hydrogens is 208 g/mol. The summed E-state index contributed by atoms with van der Waals surface area (Å²) in [4.78, 5) is 0. The van der Waals surface area contributed by atoms with Crippen molar-refractivity contribution in [3.63, 3.8) is 0 Å². The van der Waals surface area contributed by atoms with Crippen LogP contribution < -0.4 is 5.32 Å². The highest BCUT2D eigenvalue weighted by Crippen LogP contribution is 2.24. The van der Waals surface area contributed by atoms with E-state index < -0.39 is 0 Å². The summed E-state index contributed by atoms with van der Waals surface area (Å²) in [6, 6.07) is 2.40. The molecule has 0 aliphatic carbocycles. The zero-order chi connectivity index (χ0) is 10.3. The molecule has 1 unspecified atom stereocenters. The number of hydrogen-bond donors (Lipinski definition) is 1. The van der Waals surface area contributed by atoms with Crippen molar-refractivity contribution in [2.45, 2.75) is 19.5 Å². The van der Waals surface area contributed by atoms with Crippen molar-refractivity contribution in [2.75, 3.05) is 6.54 Å². The third-order valence-corrected chi connectivity index (χ3v) is 3.42. The number of nitrogens with one attached hydrogen (secondary N) is 1. The summed E-state index contributed by atoms with van der Waals surface area (Å²) >= 11 is 1.69. The van der Waals surface area contributed by atoms with E-state index in [1.165, 1.54) is 5.56 Å². The molecule has 1 atom stereocenters. The Morgan fingerprint density at radius 3 is 3.27 bits per heavy atom. The first kappa shape index (κ1) is 9.06. The second-order valence-electron chi connectivity index (χ2n) is 3.72. The molecule has 15 heavy (non-hydrogen) atoms. The summed E-state index contributed by atoms with van der Waals surface area (Å²) in [5.41, 5.74) is 1.17. The van der Waals surface area contributed by atoms with Crippen molar-refractivity contribution in [1.29, 1.82) is 0 Å². The fourth-order valence-corrected chi connectivity index (χ4v) is 2.58. The third kappa shape index (κ3) is 1.39. The fourth-order valence-electron chi connectivity index (χ4n) is 1.95. The van der Waals surface area contributed by atoms with E-state index in [0.29, 0.717) is 6.04 Å². The van der Waals surface area contributed by atoms with Gasteiger partial charge in [-0.2, -0.15) is 11.3 Å². The molecule has 0 radical (unpaired) electrons. The van der Waals surface area contributed by atoms with E-state index in [1.54, 1.807) is 11.3 Å². The number of rotatable bonds is 1. The molecule has 2 aromatic heterocycles. The van der Waals surface area contributed by atoms with Crippen LogP contribution in [0.25, 0.3) is 11.4 Å². The van der Waals surface area contributed by atoms with Gasteiger partial charge in [-0.3, -0.25) is 0 Å². The van der Waals surface area contributed by atoms with E-state index >= 15 is 0 Å². The van der Waals surface area contributed by atoms with Crippen LogP contribution in [0, 0.1) is 0 Å². The Morgan fingerprint density at radius 1 is 1.53 bits per heavy atom. The summed E-state index contributed by atoms with van der Waals surface area (Å²) in [7, 11) is 0. The van der Waals surface area contributed by atoms with Crippen LogP contribution >= 0.6 is 11.3 Å². The molecule has 4 nitrogen and oxygen atoms in total. The molecule has 0 spiro atoms. The molecule has 0 aromatic carbocycles. The van der Waals surface area contributed by atoms with Crippen LogP contribution in [0.5, 0.6) is 0 Å². The first-order chi connectivity index (χ1) is 7.36. The lowest BCUT2D eigenvalue weighted by Crippen LogP contribution is -2.32. The lowest BCUT2D eigenvalue weighted by molar-refractivity contribution is 0.439. The van der Waals surface area contributed by atoms with Gasteiger partial charge in [0.15, 0.2) is 5.82 Å². The third-order valence-electron chi connectivity index (χ3n) is 2.73. The summed E-state index contributed by atoms with van der Waals surface area (Å²) in [6.07, 6.45) is 0. The van der Waals surface area contributed by atoms with Crippen molar-refractivity contribution in [1.82, 2.24) is 20.1 Å². The van der Waals surface area contributed by atoms with Gasteiger partial charge in [0, 0.05) is 24.0 Å². The summed E-state index contributed by atoms with van der Waals surface area (Å²) in [6.45, 7) is 4.07. The van der Waals surface area contributed by atoms with Gasteiger partial charge in [0.1, 0.15) is 5.82 Å². The van der Waals surface area contributed by atoms with E-state index in [-0.39, 0.29) is 0 Å². The van der Waals surface area contributed by atoms with E-state index in [0.717, 1.165) is 24.7 Å².